The predicted octanol–water partition coefficient (Wildman–Crippen LogP) is 6.07. The van der Waals surface area contributed by atoms with E-state index in [1.165, 1.54) is 6.21 Å². The zero-order valence-corrected chi connectivity index (χ0v) is 28.4. The van der Waals surface area contributed by atoms with Crippen molar-refractivity contribution in [3.8, 4) is 17.2 Å². The summed E-state index contributed by atoms with van der Waals surface area (Å²) in [7, 11) is 1.56. The van der Waals surface area contributed by atoms with Crippen LogP contribution in [0.25, 0.3) is 10.8 Å². The van der Waals surface area contributed by atoms with Crippen molar-refractivity contribution in [3.05, 3.63) is 111 Å². The summed E-state index contributed by atoms with van der Waals surface area (Å²) in [5.74, 6) is 0.389. The van der Waals surface area contributed by atoms with E-state index >= 15 is 0 Å². The van der Waals surface area contributed by atoms with Crippen LogP contribution >= 0.6 is 28.1 Å². The number of rotatable bonds is 12. The SMILES string of the molecule is CCOC(=O)C1=C(C)NC(=S)N[C@H]1c1ccccc1OCC(=O)NN=Cc1cc(Br)cc(OC)c1OCc1cccc2ccccc12. The van der Waals surface area contributed by atoms with Gasteiger partial charge in [-0.05, 0) is 60.6 Å². The van der Waals surface area contributed by atoms with Crippen molar-refractivity contribution in [2.24, 2.45) is 5.10 Å². The lowest BCUT2D eigenvalue weighted by Crippen LogP contribution is -2.45. The first-order valence-corrected chi connectivity index (χ1v) is 15.9. The molecule has 10 nitrogen and oxygen atoms in total. The maximum Gasteiger partial charge on any atom is 0.338 e. The molecule has 1 atom stereocenters. The summed E-state index contributed by atoms with van der Waals surface area (Å²) in [6.45, 7) is 3.66. The highest BCUT2D eigenvalue weighted by molar-refractivity contribution is 9.10. The smallest absolute Gasteiger partial charge is 0.338 e. The minimum absolute atomic E-state index is 0.218. The molecule has 12 heteroatoms. The normalized spacial score (nSPS) is 14.4. The summed E-state index contributed by atoms with van der Waals surface area (Å²) < 4.78 is 23.8. The van der Waals surface area contributed by atoms with E-state index in [0.29, 0.717) is 51.4 Å². The number of thiocarbonyl (C=S) groups is 1. The van der Waals surface area contributed by atoms with Gasteiger partial charge in [0.1, 0.15) is 12.4 Å². The van der Waals surface area contributed by atoms with Crippen LogP contribution in [0, 0.1) is 0 Å². The summed E-state index contributed by atoms with van der Waals surface area (Å²) in [5, 5.41) is 12.8. The fourth-order valence-corrected chi connectivity index (χ4v) is 5.89. The molecule has 5 rings (SSSR count). The Kier molecular flexibility index (Phi) is 11.1. The van der Waals surface area contributed by atoms with Gasteiger partial charge in [0, 0.05) is 21.3 Å². The number of fused-ring (bicyclic) bond motifs is 1. The van der Waals surface area contributed by atoms with Crippen molar-refractivity contribution >= 4 is 62.1 Å². The van der Waals surface area contributed by atoms with Crippen LogP contribution in [0.2, 0.25) is 0 Å². The van der Waals surface area contributed by atoms with E-state index in [4.69, 9.17) is 31.2 Å². The lowest BCUT2D eigenvalue weighted by atomic mass is 9.95. The Labute approximate surface area is 286 Å². The maximum absolute atomic E-state index is 12.8. The van der Waals surface area contributed by atoms with Gasteiger partial charge in [-0.2, -0.15) is 5.10 Å². The molecule has 0 fully saturated rings. The van der Waals surface area contributed by atoms with Crippen molar-refractivity contribution in [3.63, 3.8) is 0 Å². The third kappa shape index (κ3) is 8.08. The molecule has 0 unspecified atom stereocenters. The number of carbonyl (C=O) groups is 2. The number of carbonyl (C=O) groups excluding carboxylic acids is 2. The number of nitrogens with zero attached hydrogens (tertiary/aromatic N) is 1. The Morgan fingerprint density at radius 2 is 1.79 bits per heavy atom. The lowest BCUT2D eigenvalue weighted by molar-refractivity contribution is -0.139. The highest BCUT2D eigenvalue weighted by Crippen LogP contribution is 2.36. The summed E-state index contributed by atoms with van der Waals surface area (Å²) in [4.78, 5) is 25.6. The average molecular weight is 718 g/mol. The van der Waals surface area contributed by atoms with Crippen LogP contribution in [0.5, 0.6) is 17.2 Å². The molecular formula is C35H33BrN4O6S. The van der Waals surface area contributed by atoms with Gasteiger partial charge in [-0.25, -0.2) is 10.2 Å². The standard InChI is InChI=1S/C35H33BrN4O6S/c1-4-44-34(42)31-21(2)38-35(47)39-32(31)27-14-7-8-15-28(27)45-20-30(41)40-37-18-24-16-25(36)17-29(43-3)33(24)46-19-23-12-9-11-22-10-5-6-13-26(22)23/h5-18,32H,4,19-20H2,1-3H3,(H,40,41)(H2,38,39,47)/t32-/m0/s1. The summed E-state index contributed by atoms with van der Waals surface area (Å²) in [6, 6.07) is 24.2. The topological polar surface area (TPSA) is 120 Å². The lowest BCUT2D eigenvalue weighted by Gasteiger charge is -2.30. The molecular weight excluding hydrogens is 684 g/mol. The molecule has 1 aliphatic rings. The highest BCUT2D eigenvalue weighted by Gasteiger charge is 2.32. The number of allylic oxidation sites excluding steroid dienone is 1. The van der Waals surface area contributed by atoms with Gasteiger partial charge < -0.3 is 29.6 Å². The number of hydrogen-bond acceptors (Lipinski definition) is 8. The summed E-state index contributed by atoms with van der Waals surface area (Å²) in [6.07, 6.45) is 1.48. The molecule has 0 aliphatic carbocycles. The Balaban J connectivity index is 1.28. The van der Waals surface area contributed by atoms with E-state index in [0.717, 1.165) is 20.8 Å². The second-order valence-electron chi connectivity index (χ2n) is 10.4. The van der Waals surface area contributed by atoms with Crippen molar-refractivity contribution in [2.45, 2.75) is 26.5 Å². The molecule has 242 valence electrons. The van der Waals surface area contributed by atoms with Gasteiger partial charge >= 0.3 is 5.97 Å². The number of hydrazone groups is 1. The van der Waals surface area contributed by atoms with E-state index in [1.54, 1.807) is 45.2 Å². The molecule has 0 saturated carbocycles. The zero-order valence-electron chi connectivity index (χ0n) is 26.0. The number of hydrogen-bond donors (Lipinski definition) is 3. The number of ether oxygens (including phenoxy) is 4. The molecule has 47 heavy (non-hydrogen) atoms. The van der Waals surface area contributed by atoms with E-state index < -0.39 is 17.9 Å². The van der Waals surface area contributed by atoms with Crippen molar-refractivity contribution < 1.29 is 28.5 Å². The van der Waals surface area contributed by atoms with Crippen LogP contribution in [-0.4, -0.2) is 43.5 Å². The monoisotopic (exact) mass is 716 g/mol. The Hall–Kier alpha value is -4.94. The summed E-state index contributed by atoms with van der Waals surface area (Å²) >= 11 is 8.85. The quantitative estimate of drug-likeness (QED) is 0.0694. The second-order valence-corrected chi connectivity index (χ2v) is 11.7. The first kappa shape index (κ1) is 33.4. The van der Waals surface area contributed by atoms with Crippen LogP contribution in [-0.2, 0) is 20.9 Å². The Morgan fingerprint density at radius 1 is 1.02 bits per heavy atom. The first-order valence-electron chi connectivity index (χ1n) is 14.7. The molecule has 0 spiro atoms. The van der Waals surface area contributed by atoms with E-state index in [-0.39, 0.29) is 13.2 Å². The largest absolute Gasteiger partial charge is 0.493 e. The first-order chi connectivity index (χ1) is 22.8. The number of esters is 1. The maximum atomic E-state index is 12.8. The molecule has 1 amide bonds. The van der Waals surface area contributed by atoms with Crippen LogP contribution < -0.4 is 30.3 Å². The van der Waals surface area contributed by atoms with Gasteiger partial charge in [-0.3, -0.25) is 4.79 Å². The summed E-state index contributed by atoms with van der Waals surface area (Å²) in [5.41, 5.74) is 5.67. The third-order valence-electron chi connectivity index (χ3n) is 7.27. The number of para-hydroxylation sites is 1. The predicted molar refractivity (Wildman–Crippen MR) is 188 cm³/mol. The van der Waals surface area contributed by atoms with Crippen LogP contribution in [0.15, 0.2) is 99.7 Å². The van der Waals surface area contributed by atoms with E-state index in [9.17, 15) is 9.59 Å². The van der Waals surface area contributed by atoms with Crippen molar-refractivity contribution in [1.29, 1.82) is 0 Å². The van der Waals surface area contributed by atoms with Crippen LogP contribution in [0.1, 0.15) is 36.6 Å². The number of nitrogens with one attached hydrogen (secondary N) is 3. The molecule has 0 radical (unpaired) electrons. The molecule has 0 saturated heterocycles. The number of amides is 1. The third-order valence-corrected chi connectivity index (χ3v) is 7.94. The number of benzene rings is 4. The molecule has 4 aromatic rings. The van der Waals surface area contributed by atoms with Crippen LogP contribution in [0.4, 0.5) is 0 Å². The van der Waals surface area contributed by atoms with Crippen LogP contribution in [0.3, 0.4) is 0 Å². The molecule has 3 N–H and O–H groups in total. The zero-order chi connectivity index (χ0) is 33.3. The molecule has 1 aliphatic heterocycles. The second kappa shape index (κ2) is 15.6. The Bertz CT molecular complexity index is 1870. The van der Waals surface area contributed by atoms with Gasteiger partial charge in [0.05, 0.1) is 31.5 Å². The minimum Gasteiger partial charge on any atom is -0.493 e. The fourth-order valence-electron chi connectivity index (χ4n) is 5.17. The molecule has 0 aromatic heterocycles. The van der Waals surface area contributed by atoms with E-state index in [1.807, 2.05) is 36.4 Å². The number of halogens is 1. The highest BCUT2D eigenvalue weighted by atomic mass is 79.9. The van der Waals surface area contributed by atoms with Gasteiger partial charge in [0.25, 0.3) is 5.91 Å². The molecule has 1 heterocycles. The van der Waals surface area contributed by atoms with Crippen molar-refractivity contribution in [2.75, 3.05) is 20.3 Å². The number of methoxy groups -OCH3 is 1. The molecule has 4 aromatic carbocycles. The average Bonchev–Trinajstić information content (AvgIpc) is 3.06. The fraction of sp³-hybridized carbons (Fsp3) is 0.200. The minimum atomic E-state index is -0.640. The Morgan fingerprint density at radius 3 is 2.60 bits per heavy atom. The molecule has 0 bridgehead atoms. The van der Waals surface area contributed by atoms with Crippen molar-refractivity contribution in [1.82, 2.24) is 16.1 Å². The van der Waals surface area contributed by atoms with Gasteiger partial charge in [-0.15, -0.1) is 0 Å². The van der Waals surface area contributed by atoms with Gasteiger partial charge in [-0.1, -0.05) is 76.6 Å². The van der Waals surface area contributed by atoms with Gasteiger partial charge in [0.15, 0.2) is 23.2 Å². The van der Waals surface area contributed by atoms with Gasteiger partial charge in [0.2, 0.25) is 0 Å². The van der Waals surface area contributed by atoms with E-state index in [2.05, 4.69) is 55.3 Å².